The Morgan fingerprint density at radius 1 is 1.15 bits per heavy atom. The van der Waals surface area contributed by atoms with Crippen molar-refractivity contribution in [2.45, 2.75) is 25.9 Å². The molecule has 1 N–H and O–H groups in total. The van der Waals surface area contributed by atoms with Crippen molar-refractivity contribution in [3.8, 4) is 5.75 Å². The summed E-state index contributed by atoms with van der Waals surface area (Å²) in [5.41, 5.74) is 4.35. The van der Waals surface area contributed by atoms with Crippen LogP contribution in [0.5, 0.6) is 5.75 Å². The smallest absolute Gasteiger partial charge is 0.310 e. The van der Waals surface area contributed by atoms with Gasteiger partial charge in [-0.15, -0.1) is 0 Å². The number of aliphatic carboxylic acids is 1. The van der Waals surface area contributed by atoms with E-state index >= 15 is 0 Å². The van der Waals surface area contributed by atoms with E-state index in [0.29, 0.717) is 6.61 Å². The molecule has 1 aliphatic rings. The van der Waals surface area contributed by atoms with Crippen molar-refractivity contribution in [3.63, 3.8) is 0 Å². The fraction of sp³-hybridized carbons (Fsp3) is 0.235. The highest BCUT2D eigenvalue weighted by Crippen LogP contribution is 2.31. The highest BCUT2D eigenvalue weighted by atomic mass is 16.5. The molecule has 0 saturated carbocycles. The summed E-state index contributed by atoms with van der Waals surface area (Å²) in [4.78, 5) is 11.1. The summed E-state index contributed by atoms with van der Waals surface area (Å²) in [5.74, 6) is -0.539. The highest BCUT2D eigenvalue weighted by Gasteiger charge is 2.18. The maximum absolute atomic E-state index is 11.1. The van der Waals surface area contributed by atoms with Crippen molar-refractivity contribution in [2.75, 3.05) is 0 Å². The van der Waals surface area contributed by atoms with E-state index in [1.165, 1.54) is 11.1 Å². The Kier molecular flexibility index (Phi) is 3.18. The number of fused-ring (bicyclic) bond motifs is 2. The maximum atomic E-state index is 11.1. The molecule has 0 bridgehead atoms. The molecule has 0 aliphatic carbocycles. The van der Waals surface area contributed by atoms with Crippen LogP contribution in [0.4, 0.5) is 0 Å². The minimum Gasteiger partial charge on any atom is -0.489 e. The number of carbonyl (C=O) groups is 1. The van der Waals surface area contributed by atoms with Crippen LogP contribution in [0.15, 0.2) is 42.5 Å². The average molecular weight is 268 g/mol. The second-order valence-electron chi connectivity index (χ2n) is 5.16. The lowest BCUT2D eigenvalue weighted by Crippen LogP contribution is -2.07. The van der Waals surface area contributed by atoms with E-state index < -0.39 is 11.9 Å². The maximum Gasteiger partial charge on any atom is 0.310 e. The SMILES string of the molecule is C[C@@H](C(=O)O)c1ccc2c(c1)OCc1ccccc1C2. The van der Waals surface area contributed by atoms with Gasteiger partial charge in [0.1, 0.15) is 12.4 Å². The van der Waals surface area contributed by atoms with Crippen molar-refractivity contribution in [3.05, 3.63) is 64.7 Å². The monoisotopic (exact) mass is 268 g/mol. The summed E-state index contributed by atoms with van der Waals surface area (Å²) in [6.45, 7) is 2.23. The van der Waals surface area contributed by atoms with Crippen molar-refractivity contribution in [1.82, 2.24) is 0 Å². The molecule has 0 amide bonds. The van der Waals surface area contributed by atoms with Crippen LogP contribution in [-0.2, 0) is 17.8 Å². The third kappa shape index (κ3) is 2.27. The molecule has 3 nitrogen and oxygen atoms in total. The molecule has 0 radical (unpaired) electrons. The normalized spacial score (nSPS) is 14.4. The number of carboxylic acid groups (broad SMARTS) is 1. The molecule has 0 spiro atoms. The quantitative estimate of drug-likeness (QED) is 0.908. The first-order valence-corrected chi connectivity index (χ1v) is 6.70. The molecule has 3 rings (SSSR count). The van der Waals surface area contributed by atoms with Crippen LogP contribution in [0.3, 0.4) is 0 Å². The fourth-order valence-electron chi connectivity index (χ4n) is 2.49. The van der Waals surface area contributed by atoms with Gasteiger partial charge >= 0.3 is 5.97 Å². The molecule has 2 aromatic carbocycles. The van der Waals surface area contributed by atoms with Crippen LogP contribution in [0.1, 0.15) is 35.1 Å². The van der Waals surface area contributed by atoms with E-state index in [4.69, 9.17) is 9.84 Å². The molecule has 3 heteroatoms. The molecule has 0 saturated heterocycles. The van der Waals surface area contributed by atoms with Gasteiger partial charge in [-0.3, -0.25) is 4.79 Å². The van der Waals surface area contributed by atoms with Gasteiger partial charge in [-0.2, -0.15) is 0 Å². The molecule has 1 atom stereocenters. The molecule has 1 aliphatic heterocycles. The van der Waals surface area contributed by atoms with Gasteiger partial charge in [-0.05, 0) is 35.2 Å². The van der Waals surface area contributed by atoms with E-state index in [1.54, 1.807) is 6.92 Å². The summed E-state index contributed by atoms with van der Waals surface area (Å²) in [5, 5.41) is 9.10. The summed E-state index contributed by atoms with van der Waals surface area (Å²) in [6, 6.07) is 13.9. The number of ether oxygens (including phenoxy) is 1. The first-order valence-electron chi connectivity index (χ1n) is 6.70. The average Bonchev–Trinajstić information content (AvgIpc) is 2.64. The minimum absolute atomic E-state index is 0.519. The first-order chi connectivity index (χ1) is 9.65. The van der Waals surface area contributed by atoms with E-state index in [1.807, 2.05) is 30.3 Å². The second-order valence-corrected chi connectivity index (χ2v) is 5.16. The van der Waals surface area contributed by atoms with Crippen LogP contribution in [0, 0.1) is 0 Å². The van der Waals surface area contributed by atoms with Crippen LogP contribution in [0.25, 0.3) is 0 Å². The minimum atomic E-state index is -0.818. The van der Waals surface area contributed by atoms with Gasteiger partial charge in [-0.1, -0.05) is 36.4 Å². The van der Waals surface area contributed by atoms with Gasteiger partial charge in [0.25, 0.3) is 0 Å². The summed E-state index contributed by atoms with van der Waals surface area (Å²) in [6.07, 6.45) is 0.827. The molecule has 20 heavy (non-hydrogen) atoms. The molecule has 102 valence electrons. The van der Waals surface area contributed by atoms with Crippen LogP contribution >= 0.6 is 0 Å². The molecule has 0 aromatic heterocycles. The van der Waals surface area contributed by atoms with Crippen molar-refractivity contribution >= 4 is 5.97 Å². The number of carboxylic acids is 1. The third-order valence-electron chi connectivity index (χ3n) is 3.84. The highest BCUT2D eigenvalue weighted by molar-refractivity contribution is 5.75. The predicted octanol–water partition coefficient (Wildman–Crippen LogP) is 3.36. The Balaban J connectivity index is 1.97. The van der Waals surface area contributed by atoms with Gasteiger partial charge in [0.05, 0.1) is 5.92 Å². The van der Waals surface area contributed by atoms with E-state index in [9.17, 15) is 4.79 Å². The lowest BCUT2D eigenvalue weighted by Gasteiger charge is -2.12. The second kappa shape index (κ2) is 5.00. The van der Waals surface area contributed by atoms with Gasteiger partial charge in [0.15, 0.2) is 0 Å². The Labute approximate surface area is 117 Å². The Morgan fingerprint density at radius 2 is 1.90 bits per heavy atom. The van der Waals surface area contributed by atoms with E-state index in [0.717, 1.165) is 23.3 Å². The Morgan fingerprint density at radius 3 is 2.65 bits per heavy atom. The van der Waals surface area contributed by atoms with Gasteiger partial charge < -0.3 is 9.84 Å². The Bertz CT molecular complexity index is 661. The zero-order valence-corrected chi connectivity index (χ0v) is 11.3. The lowest BCUT2D eigenvalue weighted by atomic mass is 9.96. The zero-order chi connectivity index (χ0) is 14.1. The van der Waals surface area contributed by atoms with Crippen molar-refractivity contribution < 1.29 is 14.6 Å². The van der Waals surface area contributed by atoms with Crippen LogP contribution < -0.4 is 4.74 Å². The van der Waals surface area contributed by atoms with Crippen LogP contribution in [-0.4, -0.2) is 11.1 Å². The number of benzene rings is 2. The first kappa shape index (κ1) is 12.7. The summed E-state index contributed by atoms with van der Waals surface area (Å²) >= 11 is 0. The van der Waals surface area contributed by atoms with Crippen molar-refractivity contribution in [2.24, 2.45) is 0 Å². The standard InChI is InChI=1S/C17H16O3/c1-11(17(18)19)12-6-7-14-8-13-4-2-3-5-15(13)10-20-16(14)9-12/h2-7,9,11H,8,10H2,1H3,(H,18,19)/t11-/m1/s1. The molecular formula is C17H16O3. The largest absolute Gasteiger partial charge is 0.489 e. The molecule has 0 unspecified atom stereocenters. The van der Waals surface area contributed by atoms with Gasteiger partial charge in [0.2, 0.25) is 0 Å². The van der Waals surface area contributed by atoms with Gasteiger partial charge in [0, 0.05) is 6.42 Å². The molecular weight excluding hydrogens is 252 g/mol. The van der Waals surface area contributed by atoms with Crippen molar-refractivity contribution in [1.29, 1.82) is 0 Å². The Hall–Kier alpha value is -2.29. The molecule has 0 fully saturated rings. The van der Waals surface area contributed by atoms with Gasteiger partial charge in [-0.25, -0.2) is 0 Å². The number of rotatable bonds is 2. The van der Waals surface area contributed by atoms with E-state index in [2.05, 4.69) is 12.1 Å². The fourth-order valence-corrected chi connectivity index (χ4v) is 2.49. The predicted molar refractivity (Wildman–Crippen MR) is 76.1 cm³/mol. The number of hydrogen-bond acceptors (Lipinski definition) is 2. The molecule has 2 aromatic rings. The summed E-state index contributed by atoms with van der Waals surface area (Å²) in [7, 11) is 0. The topological polar surface area (TPSA) is 46.5 Å². The zero-order valence-electron chi connectivity index (χ0n) is 11.3. The summed E-state index contributed by atoms with van der Waals surface area (Å²) < 4.78 is 5.85. The molecule has 1 heterocycles. The number of hydrogen-bond donors (Lipinski definition) is 1. The van der Waals surface area contributed by atoms with E-state index in [-0.39, 0.29) is 0 Å². The van der Waals surface area contributed by atoms with Crippen LogP contribution in [0.2, 0.25) is 0 Å². The lowest BCUT2D eigenvalue weighted by molar-refractivity contribution is -0.138. The third-order valence-corrected chi connectivity index (χ3v) is 3.84.